The summed E-state index contributed by atoms with van der Waals surface area (Å²) in [7, 11) is 1.54. The molecule has 3 aliphatic rings. The smallest absolute Gasteiger partial charge is 0.209 e. The molecule has 8 nitrogen and oxygen atoms in total. The number of methoxy groups -OCH3 is 1. The van der Waals surface area contributed by atoms with E-state index in [4.69, 9.17) is 4.74 Å². The van der Waals surface area contributed by atoms with Crippen LogP contribution in [0.3, 0.4) is 0 Å². The number of para-hydroxylation sites is 1. The number of Topliss-reactive ketones (excluding diaryl/α,β-unsaturated/α-hetero) is 3. The monoisotopic (exact) mass is 546 g/mol. The maximum absolute atomic E-state index is 14.2. The number of hydrogen-bond donors (Lipinski definition) is 4. The Morgan fingerprint density at radius 1 is 1.02 bits per heavy atom. The number of phenolic OH excluding ortho intramolecular Hbond substituents is 1. The van der Waals surface area contributed by atoms with Gasteiger partial charge in [0.05, 0.1) is 12.7 Å². The van der Waals surface area contributed by atoms with Gasteiger partial charge in [0.2, 0.25) is 5.78 Å². The van der Waals surface area contributed by atoms with Crippen LogP contribution in [0.15, 0.2) is 59.1 Å². The molecule has 0 amide bonds. The SMILES string of the molecule is COc1ccccc1-c1ccc(O)c2c1C[C@]1(C)C[C@]3(C)C(C(C)C)C(O)=C(C(C)=O)C(=O)[C@]3(O)C(O)=C1C2=O. The summed E-state index contributed by atoms with van der Waals surface area (Å²) in [4.78, 5) is 40.5. The van der Waals surface area contributed by atoms with E-state index < -0.39 is 56.8 Å². The van der Waals surface area contributed by atoms with Crippen molar-refractivity contribution in [1.82, 2.24) is 0 Å². The Hall–Kier alpha value is -3.91. The molecular weight excluding hydrogens is 512 g/mol. The normalized spacial score (nSPS) is 29.8. The summed E-state index contributed by atoms with van der Waals surface area (Å²) in [6.45, 7) is 8.12. The Bertz CT molecular complexity index is 1560. The van der Waals surface area contributed by atoms with E-state index >= 15 is 0 Å². The van der Waals surface area contributed by atoms with Gasteiger partial charge in [-0.05, 0) is 48.9 Å². The first kappa shape index (κ1) is 27.6. The van der Waals surface area contributed by atoms with Gasteiger partial charge in [-0.3, -0.25) is 14.4 Å². The van der Waals surface area contributed by atoms with Crippen molar-refractivity contribution < 1.29 is 39.5 Å². The number of aliphatic hydroxyl groups is 3. The first-order valence-corrected chi connectivity index (χ1v) is 13.3. The molecule has 0 bridgehead atoms. The molecule has 0 fully saturated rings. The fraction of sp³-hybridized carbons (Fsp3) is 0.406. The molecule has 0 spiro atoms. The average Bonchev–Trinajstić information content (AvgIpc) is 2.86. The van der Waals surface area contributed by atoms with Gasteiger partial charge in [0.1, 0.15) is 28.6 Å². The molecule has 4 N–H and O–H groups in total. The highest BCUT2D eigenvalue weighted by Gasteiger charge is 2.71. The lowest BCUT2D eigenvalue weighted by molar-refractivity contribution is -0.171. The molecule has 2 aromatic rings. The van der Waals surface area contributed by atoms with Gasteiger partial charge in [-0.25, -0.2) is 0 Å². The van der Waals surface area contributed by atoms with Crippen molar-refractivity contribution in [2.45, 2.75) is 53.1 Å². The van der Waals surface area contributed by atoms with E-state index in [0.717, 1.165) is 6.92 Å². The fourth-order valence-corrected chi connectivity index (χ4v) is 7.85. The summed E-state index contributed by atoms with van der Waals surface area (Å²) in [5.41, 5.74) is -4.03. The number of allylic oxidation sites excluding steroid dienone is 2. The molecule has 40 heavy (non-hydrogen) atoms. The molecule has 8 heteroatoms. The molecule has 0 aliphatic heterocycles. The molecule has 5 rings (SSSR count). The van der Waals surface area contributed by atoms with E-state index in [-0.39, 0.29) is 35.6 Å². The third kappa shape index (κ3) is 3.32. The number of aromatic hydroxyl groups is 1. The van der Waals surface area contributed by atoms with E-state index in [2.05, 4.69) is 0 Å². The lowest BCUT2D eigenvalue weighted by Gasteiger charge is -2.59. The molecule has 0 saturated carbocycles. The number of carbonyl (C=O) groups is 3. The zero-order valence-corrected chi connectivity index (χ0v) is 23.5. The van der Waals surface area contributed by atoms with Crippen LogP contribution in [0.4, 0.5) is 0 Å². The van der Waals surface area contributed by atoms with Crippen LogP contribution >= 0.6 is 0 Å². The topological polar surface area (TPSA) is 141 Å². The van der Waals surface area contributed by atoms with E-state index in [1.165, 1.54) is 6.07 Å². The highest BCUT2D eigenvalue weighted by atomic mass is 16.5. The molecule has 1 unspecified atom stereocenters. The standard InChI is InChI=1S/C32H34O8/c1-15(2)24-26(35)22(16(3)33)28(37)32(39)29(38)25-27(36)23-19(13-30(25,4)14-31(24,32)5)17(11-12-20(23)34)18-9-7-8-10-21(18)40-6/h7-12,15,24,34-35,38-39H,13-14H2,1-6H3/t24?,30-,31-,32+/m1/s1. The highest BCUT2D eigenvalue weighted by Crippen LogP contribution is 2.65. The summed E-state index contributed by atoms with van der Waals surface area (Å²) in [5, 5.41) is 46.0. The number of ketones is 3. The van der Waals surface area contributed by atoms with Crippen molar-refractivity contribution in [3.8, 4) is 22.6 Å². The second-order valence-electron chi connectivity index (χ2n) is 12.1. The predicted octanol–water partition coefficient (Wildman–Crippen LogP) is 5.02. The summed E-state index contributed by atoms with van der Waals surface area (Å²) >= 11 is 0. The highest BCUT2D eigenvalue weighted by molar-refractivity contribution is 6.25. The van der Waals surface area contributed by atoms with E-state index in [0.29, 0.717) is 22.4 Å². The third-order valence-corrected chi connectivity index (χ3v) is 9.29. The molecule has 210 valence electrons. The van der Waals surface area contributed by atoms with E-state index in [1.807, 2.05) is 18.2 Å². The van der Waals surface area contributed by atoms with Crippen LogP contribution < -0.4 is 4.74 Å². The molecular formula is C32H34O8. The summed E-state index contributed by atoms with van der Waals surface area (Å²) < 4.78 is 5.56. The van der Waals surface area contributed by atoms with Crippen LogP contribution in [-0.2, 0) is 16.0 Å². The van der Waals surface area contributed by atoms with Crippen LogP contribution in [0.25, 0.3) is 11.1 Å². The second-order valence-corrected chi connectivity index (χ2v) is 12.1. The molecule has 0 radical (unpaired) electrons. The third-order valence-electron chi connectivity index (χ3n) is 9.29. The minimum absolute atomic E-state index is 0.0246. The number of fused-ring (bicyclic) bond motifs is 3. The van der Waals surface area contributed by atoms with Crippen molar-refractivity contribution in [2.75, 3.05) is 7.11 Å². The van der Waals surface area contributed by atoms with Gasteiger partial charge in [-0.2, -0.15) is 0 Å². The van der Waals surface area contributed by atoms with E-state index in [1.54, 1.807) is 46.9 Å². The lowest BCUT2D eigenvalue weighted by atomic mass is 9.44. The Labute approximate surface area is 232 Å². The molecule has 0 saturated heterocycles. The summed E-state index contributed by atoms with van der Waals surface area (Å²) in [6, 6.07) is 10.4. The number of carbonyl (C=O) groups excluding carboxylic acids is 3. The first-order chi connectivity index (χ1) is 18.7. The van der Waals surface area contributed by atoms with Crippen LogP contribution in [0.2, 0.25) is 0 Å². The van der Waals surface area contributed by atoms with Crippen molar-refractivity contribution in [1.29, 1.82) is 0 Å². The van der Waals surface area contributed by atoms with Crippen molar-refractivity contribution in [3.05, 3.63) is 70.2 Å². The molecule has 4 atom stereocenters. The van der Waals surface area contributed by atoms with Crippen LogP contribution in [0.1, 0.15) is 57.0 Å². The van der Waals surface area contributed by atoms with Crippen LogP contribution in [-0.4, -0.2) is 50.5 Å². The maximum atomic E-state index is 14.2. The van der Waals surface area contributed by atoms with Crippen molar-refractivity contribution in [3.63, 3.8) is 0 Å². The Morgan fingerprint density at radius 2 is 1.68 bits per heavy atom. The fourth-order valence-electron chi connectivity index (χ4n) is 7.85. The van der Waals surface area contributed by atoms with Crippen molar-refractivity contribution >= 4 is 17.3 Å². The van der Waals surface area contributed by atoms with Crippen LogP contribution in [0, 0.1) is 22.7 Å². The zero-order chi connectivity index (χ0) is 29.5. The summed E-state index contributed by atoms with van der Waals surface area (Å²) in [5.74, 6) is -4.74. The number of rotatable bonds is 4. The molecule has 2 aromatic carbocycles. The van der Waals surface area contributed by atoms with E-state index in [9.17, 15) is 34.8 Å². The Morgan fingerprint density at radius 3 is 2.27 bits per heavy atom. The minimum atomic E-state index is -2.63. The average molecular weight is 547 g/mol. The quantitative estimate of drug-likeness (QED) is 0.392. The molecule has 0 heterocycles. The van der Waals surface area contributed by atoms with Gasteiger partial charge in [0.15, 0.2) is 17.2 Å². The number of hydrogen-bond acceptors (Lipinski definition) is 8. The van der Waals surface area contributed by atoms with Gasteiger partial charge in [-0.15, -0.1) is 0 Å². The first-order valence-electron chi connectivity index (χ1n) is 13.3. The minimum Gasteiger partial charge on any atom is -0.511 e. The van der Waals surface area contributed by atoms with Gasteiger partial charge < -0.3 is 25.2 Å². The lowest BCUT2D eigenvalue weighted by Crippen LogP contribution is -2.67. The van der Waals surface area contributed by atoms with Crippen LogP contribution in [0.5, 0.6) is 11.5 Å². The number of benzene rings is 2. The van der Waals surface area contributed by atoms with Gasteiger partial charge >= 0.3 is 0 Å². The molecule has 3 aliphatic carbocycles. The summed E-state index contributed by atoms with van der Waals surface area (Å²) in [6.07, 6.45) is 0.218. The number of phenols is 1. The predicted molar refractivity (Wildman–Crippen MR) is 147 cm³/mol. The maximum Gasteiger partial charge on any atom is 0.209 e. The van der Waals surface area contributed by atoms with Gasteiger partial charge in [0, 0.05) is 27.9 Å². The van der Waals surface area contributed by atoms with Crippen molar-refractivity contribution in [2.24, 2.45) is 22.7 Å². The molecule has 0 aromatic heterocycles. The van der Waals surface area contributed by atoms with Gasteiger partial charge in [0.25, 0.3) is 0 Å². The number of aliphatic hydroxyl groups excluding tert-OH is 2. The zero-order valence-electron chi connectivity index (χ0n) is 23.5. The van der Waals surface area contributed by atoms with Gasteiger partial charge in [-0.1, -0.05) is 52.0 Å². The Kier molecular flexibility index (Phi) is 6.08. The largest absolute Gasteiger partial charge is 0.511 e. The Balaban J connectivity index is 1.82. The number of ether oxygens (including phenoxy) is 1. The second kappa shape index (κ2) is 8.80.